The van der Waals surface area contributed by atoms with Crippen LogP contribution in [0.4, 0.5) is 0 Å². The Morgan fingerprint density at radius 1 is 1.08 bits per heavy atom. The SMILES string of the molecule is CCN(CC)S(=O)(=O)c1ccc(CNC(=S)NCCCN(C)C)cc1. The fraction of sp³-hybridized carbons (Fsp3) is 0.588. The second-order valence-electron chi connectivity index (χ2n) is 6.00. The molecule has 0 fully saturated rings. The van der Waals surface area contributed by atoms with Crippen molar-refractivity contribution in [3.05, 3.63) is 29.8 Å². The van der Waals surface area contributed by atoms with Crippen LogP contribution in [0.25, 0.3) is 0 Å². The average molecular weight is 387 g/mol. The lowest BCUT2D eigenvalue weighted by atomic mass is 10.2. The van der Waals surface area contributed by atoms with Crippen molar-refractivity contribution in [1.82, 2.24) is 19.8 Å². The Balaban J connectivity index is 2.51. The van der Waals surface area contributed by atoms with E-state index in [1.807, 2.05) is 40.1 Å². The van der Waals surface area contributed by atoms with Crippen molar-refractivity contribution in [2.24, 2.45) is 0 Å². The van der Waals surface area contributed by atoms with Crippen LogP contribution >= 0.6 is 12.2 Å². The maximum Gasteiger partial charge on any atom is 0.243 e. The highest BCUT2D eigenvalue weighted by Crippen LogP contribution is 2.16. The van der Waals surface area contributed by atoms with Gasteiger partial charge in [0.2, 0.25) is 10.0 Å². The van der Waals surface area contributed by atoms with E-state index >= 15 is 0 Å². The van der Waals surface area contributed by atoms with Crippen LogP contribution in [0, 0.1) is 0 Å². The molecule has 8 heteroatoms. The third kappa shape index (κ3) is 7.27. The zero-order valence-corrected chi connectivity index (χ0v) is 17.2. The van der Waals surface area contributed by atoms with Crippen LogP contribution in [0.1, 0.15) is 25.8 Å². The van der Waals surface area contributed by atoms with Gasteiger partial charge < -0.3 is 15.5 Å². The topological polar surface area (TPSA) is 64.7 Å². The molecular weight excluding hydrogens is 356 g/mol. The van der Waals surface area contributed by atoms with Crippen molar-refractivity contribution in [2.45, 2.75) is 31.7 Å². The van der Waals surface area contributed by atoms with Gasteiger partial charge in [0.15, 0.2) is 5.11 Å². The highest BCUT2D eigenvalue weighted by Gasteiger charge is 2.20. The van der Waals surface area contributed by atoms with Crippen LogP contribution < -0.4 is 10.6 Å². The molecule has 0 aliphatic heterocycles. The minimum atomic E-state index is -3.40. The van der Waals surface area contributed by atoms with E-state index in [1.165, 1.54) is 4.31 Å². The summed E-state index contributed by atoms with van der Waals surface area (Å²) >= 11 is 5.24. The van der Waals surface area contributed by atoms with E-state index in [2.05, 4.69) is 15.5 Å². The average Bonchev–Trinajstić information content (AvgIpc) is 2.58. The molecule has 2 N–H and O–H groups in total. The first kappa shape index (κ1) is 21.8. The lowest BCUT2D eigenvalue weighted by molar-refractivity contribution is 0.400. The number of sulfonamides is 1. The number of hydrogen-bond donors (Lipinski definition) is 2. The van der Waals surface area contributed by atoms with Crippen LogP contribution in [0.5, 0.6) is 0 Å². The maximum absolute atomic E-state index is 12.4. The second-order valence-corrected chi connectivity index (χ2v) is 8.35. The van der Waals surface area contributed by atoms with Crippen molar-refractivity contribution >= 4 is 27.4 Å². The number of nitrogens with one attached hydrogen (secondary N) is 2. The Morgan fingerprint density at radius 2 is 1.68 bits per heavy atom. The molecule has 0 saturated heterocycles. The molecule has 0 aliphatic rings. The summed E-state index contributed by atoms with van der Waals surface area (Å²) in [5.74, 6) is 0. The van der Waals surface area contributed by atoms with Crippen molar-refractivity contribution < 1.29 is 8.42 Å². The summed E-state index contributed by atoms with van der Waals surface area (Å²) in [5.41, 5.74) is 0.982. The van der Waals surface area contributed by atoms with E-state index in [1.54, 1.807) is 12.1 Å². The van der Waals surface area contributed by atoms with Crippen LogP contribution in [-0.2, 0) is 16.6 Å². The summed E-state index contributed by atoms with van der Waals surface area (Å²) in [5, 5.41) is 6.91. The molecule has 6 nitrogen and oxygen atoms in total. The molecule has 142 valence electrons. The molecule has 0 atom stereocenters. The smallest absolute Gasteiger partial charge is 0.243 e. The highest BCUT2D eigenvalue weighted by atomic mass is 32.2. The summed E-state index contributed by atoms with van der Waals surface area (Å²) in [6.45, 7) is 7.01. The Morgan fingerprint density at radius 3 is 2.20 bits per heavy atom. The van der Waals surface area contributed by atoms with E-state index in [-0.39, 0.29) is 0 Å². The van der Waals surface area contributed by atoms with Gasteiger partial charge in [-0.3, -0.25) is 0 Å². The lowest BCUT2D eigenvalue weighted by Crippen LogP contribution is -2.36. The summed E-state index contributed by atoms with van der Waals surface area (Å²) in [6.07, 6.45) is 1.02. The molecule has 0 radical (unpaired) electrons. The zero-order chi connectivity index (χ0) is 18.9. The van der Waals surface area contributed by atoms with Gasteiger partial charge in [-0.05, 0) is 57.0 Å². The van der Waals surface area contributed by atoms with E-state index in [0.29, 0.717) is 29.6 Å². The summed E-state index contributed by atoms with van der Waals surface area (Å²) < 4.78 is 26.3. The van der Waals surface area contributed by atoms with Gasteiger partial charge in [-0.25, -0.2) is 8.42 Å². The normalized spacial score (nSPS) is 11.8. The Kier molecular flexibility index (Phi) is 9.34. The zero-order valence-electron chi connectivity index (χ0n) is 15.6. The molecule has 0 bridgehead atoms. The molecule has 1 rings (SSSR count). The van der Waals surface area contributed by atoms with Gasteiger partial charge in [0, 0.05) is 26.2 Å². The third-order valence-corrected chi connectivity index (χ3v) is 6.14. The van der Waals surface area contributed by atoms with Crippen molar-refractivity contribution in [3.63, 3.8) is 0 Å². The monoisotopic (exact) mass is 386 g/mol. The summed E-state index contributed by atoms with van der Waals surface area (Å²) in [4.78, 5) is 2.45. The maximum atomic E-state index is 12.4. The Hall–Kier alpha value is -1.22. The number of rotatable bonds is 10. The minimum Gasteiger partial charge on any atom is -0.363 e. The molecule has 0 aromatic heterocycles. The molecule has 0 amide bonds. The molecule has 0 unspecified atom stereocenters. The molecule has 0 spiro atoms. The van der Waals surface area contributed by atoms with Gasteiger partial charge in [0.1, 0.15) is 0 Å². The van der Waals surface area contributed by atoms with Gasteiger partial charge >= 0.3 is 0 Å². The van der Waals surface area contributed by atoms with E-state index in [0.717, 1.165) is 25.1 Å². The Bertz CT molecular complexity index is 627. The first-order valence-corrected chi connectivity index (χ1v) is 10.4. The van der Waals surface area contributed by atoms with Gasteiger partial charge in [-0.2, -0.15) is 4.31 Å². The van der Waals surface area contributed by atoms with E-state index in [4.69, 9.17) is 12.2 Å². The number of hydrogen-bond acceptors (Lipinski definition) is 4. The molecule has 1 aromatic carbocycles. The first-order chi connectivity index (χ1) is 11.8. The number of thiocarbonyl (C=S) groups is 1. The number of benzene rings is 1. The molecule has 0 heterocycles. The molecule has 1 aromatic rings. The fourth-order valence-electron chi connectivity index (χ4n) is 2.33. The minimum absolute atomic E-state index is 0.323. The lowest BCUT2D eigenvalue weighted by Gasteiger charge is -2.18. The Labute approximate surface area is 157 Å². The summed E-state index contributed by atoms with van der Waals surface area (Å²) in [6, 6.07) is 6.94. The highest BCUT2D eigenvalue weighted by molar-refractivity contribution is 7.89. The standard InChI is InChI=1S/C17H30N4O2S2/c1-5-21(6-2)25(22,23)16-10-8-15(9-11-16)14-19-17(24)18-12-7-13-20(3)4/h8-11H,5-7,12-14H2,1-4H3,(H2,18,19,24). The van der Waals surface area contributed by atoms with Gasteiger partial charge in [0.25, 0.3) is 0 Å². The van der Waals surface area contributed by atoms with E-state index in [9.17, 15) is 8.42 Å². The first-order valence-electron chi connectivity index (χ1n) is 8.56. The fourth-order valence-corrected chi connectivity index (χ4v) is 3.97. The third-order valence-electron chi connectivity index (χ3n) is 3.79. The number of nitrogens with zero attached hydrogens (tertiary/aromatic N) is 2. The van der Waals surface area contributed by atoms with Crippen LogP contribution in [-0.4, -0.2) is 63.0 Å². The van der Waals surface area contributed by atoms with Gasteiger partial charge in [-0.15, -0.1) is 0 Å². The van der Waals surface area contributed by atoms with E-state index < -0.39 is 10.0 Å². The van der Waals surface area contributed by atoms with Crippen LogP contribution in [0.3, 0.4) is 0 Å². The molecule has 0 saturated carbocycles. The van der Waals surface area contributed by atoms with Gasteiger partial charge in [0.05, 0.1) is 4.90 Å². The van der Waals surface area contributed by atoms with Gasteiger partial charge in [-0.1, -0.05) is 26.0 Å². The molecule has 0 aliphatic carbocycles. The quantitative estimate of drug-likeness (QED) is 0.471. The summed E-state index contributed by atoms with van der Waals surface area (Å²) in [7, 11) is 0.684. The van der Waals surface area contributed by atoms with Crippen LogP contribution in [0.2, 0.25) is 0 Å². The van der Waals surface area contributed by atoms with Crippen molar-refractivity contribution in [3.8, 4) is 0 Å². The van der Waals surface area contributed by atoms with Crippen molar-refractivity contribution in [2.75, 3.05) is 40.3 Å². The van der Waals surface area contributed by atoms with Crippen LogP contribution in [0.15, 0.2) is 29.2 Å². The molecular formula is C17H30N4O2S2. The second kappa shape index (κ2) is 10.7. The largest absolute Gasteiger partial charge is 0.363 e. The molecule has 25 heavy (non-hydrogen) atoms. The predicted octanol–water partition coefficient (Wildman–Crippen LogP) is 1.63. The predicted molar refractivity (Wildman–Crippen MR) is 107 cm³/mol. The van der Waals surface area contributed by atoms with Crippen molar-refractivity contribution in [1.29, 1.82) is 0 Å².